The Labute approximate surface area is 189 Å². The molecule has 0 fully saturated rings. The summed E-state index contributed by atoms with van der Waals surface area (Å²) in [4.78, 5) is 31.9. The second kappa shape index (κ2) is 8.99. The van der Waals surface area contributed by atoms with Crippen molar-refractivity contribution in [2.24, 2.45) is 14.1 Å². The molecule has 0 aliphatic carbocycles. The van der Waals surface area contributed by atoms with Gasteiger partial charge in [0.05, 0.1) is 19.5 Å². The number of hydrogen-bond acceptors (Lipinski definition) is 8. The topological polar surface area (TPSA) is 120 Å². The van der Waals surface area contributed by atoms with Gasteiger partial charge in [-0.15, -0.1) is 0 Å². The fourth-order valence-corrected chi connectivity index (χ4v) is 3.42. The number of amides is 1. The molecule has 170 valence electrons. The van der Waals surface area contributed by atoms with Gasteiger partial charge in [0.25, 0.3) is 11.5 Å². The molecule has 1 N–H and O–H groups in total. The molecule has 0 atom stereocenters. The van der Waals surface area contributed by atoms with E-state index in [1.54, 1.807) is 23.7 Å². The van der Waals surface area contributed by atoms with Gasteiger partial charge in [-0.2, -0.15) is 5.10 Å². The smallest absolute Gasteiger partial charge is 0.297 e. The van der Waals surface area contributed by atoms with Crippen LogP contribution in [0.3, 0.4) is 0 Å². The van der Waals surface area contributed by atoms with Gasteiger partial charge in [-0.1, -0.05) is 29.4 Å². The van der Waals surface area contributed by atoms with Crippen LogP contribution in [0.4, 0.5) is 11.6 Å². The molecule has 11 nitrogen and oxygen atoms in total. The number of aryl methyl sites for hydroxylation is 1. The lowest BCUT2D eigenvalue weighted by Crippen LogP contribution is -2.32. The van der Waals surface area contributed by atoms with Gasteiger partial charge < -0.3 is 19.5 Å². The van der Waals surface area contributed by atoms with Crippen LogP contribution in [0.15, 0.2) is 58.4 Å². The van der Waals surface area contributed by atoms with Crippen LogP contribution in [-0.4, -0.2) is 44.6 Å². The molecule has 0 aliphatic heterocycles. The van der Waals surface area contributed by atoms with Crippen molar-refractivity contribution >= 4 is 17.5 Å². The predicted molar refractivity (Wildman–Crippen MR) is 121 cm³/mol. The third-order valence-corrected chi connectivity index (χ3v) is 5.09. The summed E-state index contributed by atoms with van der Waals surface area (Å²) in [5.41, 5.74) is 2.82. The molecule has 4 rings (SSSR count). The summed E-state index contributed by atoms with van der Waals surface area (Å²) in [6.07, 6.45) is 6.37. The van der Waals surface area contributed by atoms with Crippen LogP contribution < -0.4 is 20.5 Å². The van der Waals surface area contributed by atoms with Crippen LogP contribution >= 0.6 is 0 Å². The number of benzene rings is 1. The van der Waals surface area contributed by atoms with E-state index in [4.69, 9.17) is 9.26 Å². The molecule has 0 aliphatic rings. The van der Waals surface area contributed by atoms with Crippen LogP contribution in [0.25, 0.3) is 11.1 Å². The first-order valence-corrected chi connectivity index (χ1v) is 10.0. The first kappa shape index (κ1) is 21.8. The fourth-order valence-electron chi connectivity index (χ4n) is 3.42. The van der Waals surface area contributed by atoms with Crippen molar-refractivity contribution in [1.29, 1.82) is 0 Å². The number of carbonyl (C=O) groups excluding carboxylic acids is 1. The monoisotopic (exact) mass is 449 g/mol. The highest BCUT2D eigenvalue weighted by Crippen LogP contribution is 2.21. The van der Waals surface area contributed by atoms with Gasteiger partial charge in [-0.25, -0.2) is 4.98 Å². The zero-order valence-corrected chi connectivity index (χ0v) is 18.6. The summed E-state index contributed by atoms with van der Waals surface area (Å²) < 4.78 is 13.0. The van der Waals surface area contributed by atoms with Crippen molar-refractivity contribution in [3.63, 3.8) is 0 Å². The summed E-state index contributed by atoms with van der Waals surface area (Å²) in [5, 5.41) is 10.3. The van der Waals surface area contributed by atoms with E-state index in [9.17, 15) is 9.59 Å². The Morgan fingerprint density at radius 3 is 2.55 bits per heavy atom. The Kier molecular flexibility index (Phi) is 5.94. The molecule has 0 unspecified atom stereocenters. The number of anilines is 2. The molecular weight excluding hydrogens is 426 g/mol. The van der Waals surface area contributed by atoms with Crippen LogP contribution in [-0.2, 0) is 20.6 Å². The zero-order valence-electron chi connectivity index (χ0n) is 18.6. The number of methoxy groups -OCH3 is 1. The molecule has 0 radical (unpaired) electrons. The van der Waals surface area contributed by atoms with E-state index in [0.717, 1.165) is 16.7 Å². The maximum Gasteiger partial charge on any atom is 0.297 e. The van der Waals surface area contributed by atoms with Crippen LogP contribution in [0.1, 0.15) is 16.1 Å². The van der Waals surface area contributed by atoms with Crippen LogP contribution in [0.2, 0.25) is 0 Å². The molecule has 3 aromatic heterocycles. The zero-order chi connectivity index (χ0) is 23.5. The first-order chi connectivity index (χ1) is 15.9. The van der Waals surface area contributed by atoms with Gasteiger partial charge in [-0.05, 0) is 11.1 Å². The summed E-state index contributed by atoms with van der Waals surface area (Å²) in [6, 6.07) is 8.02. The fraction of sp³-hybridized carbons (Fsp3) is 0.227. The average Bonchev–Trinajstić information content (AvgIpc) is 3.47. The second-order valence-electron chi connectivity index (χ2n) is 7.48. The van der Waals surface area contributed by atoms with Crippen molar-refractivity contribution in [2.45, 2.75) is 6.54 Å². The maximum absolute atomic E-state index is 12.9. The minimum absolute atomic E-state index is 0.129. The Morgan fingerprint density at radius 1 is 1.18 bits per heavy atom. The summed E-state index contributed by atoms with van der Waals surface area (Å²) in [7, 11) is 6.57. The van der Waals surface area contributed by atoms with Gasteiger partial charge in [0.2, 0.25) is 11.7 Å². The van der Waals surface area contributed by atoms with E-state index in [1.165, 1.54) is 24.1 Å². The Bertz CT molecular complexity index is 1320. The lowest BCUT2D eigenvalue weighted by Gasteiger charge is -2.22. The average molecular weight is 449 g/mol. The normalized spacial score (nSPS) is 10.8. The number of nitrogens with one attached hydrogen (secondary N) is 1. The van der Waals surface area contributed by atoms with E-state index in [0.29, 0.717) is 18.2 Å². The largest absolute Gasteiger partial charge is 0.489 e. The van der Waals surface area contributed by atoms with E-state index < -0.39 is 11.5 Å². The minimum Gasteiger partial charge on any atom is -0.489 e. The molecule has 1 amide bonds. The molecule has 4 aromatic rings. The van der Waals surface area contributed by atoms with Crippen LogP contribution in [0, 0.1) is 0 Å². The number of aromatic nitrogens is 5. The molecule has 3 heterocycles. The number of rotatable bonds is 7. The quantitative estimate of drug-likeness (QED) is 0.455. The van der Waals surface area contributed by atoms with Gasteiger partial charge in [0.1, 0.15) is 12.0 Å². The van der Waals surface area contributed by atoms with Crippen molar-refractivity contribution in [1.82, 2.24) is 24.5 Å². The minimum atomic E-state index is -0.608. The van der Waals surface area contributed by atoms with E-state index in [1.807, 2.05) is 43.7 Å². The second-order valence-corrected chi connectivity index (χ2v) is 7.48. The number of nitrogens with zero attached hydrogens (tertiary/aromatic N) is 6. The molecular formula is C22H23N7O4. The van der Waals surface area contributed by atoms with Crippen molar-refractivity contribution in [2.75, 3.05) is 24.4 Å². The lowest BCUT2D eigenvalue weighted by molar-refractivity contribution is 0.101. The molecule has 1 aromatic carbocycles. The Hall–Kier alpha value is -4.41. The van der Waals surface area contributed by atoms with Crippen LogP contribution in [0.5, 0.6) is 5.75 Å². The third-order valence-electron chi connectivity index (χ3n) is 5.09. The summed E-state index contributed by atoms with van der Waals surface area (Å²) >= 11 is 0. The molecule has 0 spiro atoms. The highest BCUT2D eigenvalue weighted by atomic mass is 16.5. The summed E-state index contributed by atoms with van der Waals surface area (Å²) in [6.45, 7) is 0.465. The molecule has 0 saturated carbocycles. The van der Waals surface area contributed by atoms with Gasteiger partial charge in [-0.3, -0.25) is 18.8 Å². The molecule has 33 heavy (non-hydrogen) atoms. The van der Waals surface area contributed by atoms with E-state index in [2.05, 4.69) is 20.6 Å². The van der Waals surface area contributed by atoms with Gasteiger partial charge in [0.15, 0.2) is 5.69 Å². The van der Waals surface area contributed by atoms with Crippen molar-refractivity contribution in [3.8, 4) is 16.9 Å². The van der Waals surface area contributed by atoms with E-state index in [-0.39, 0.29) is 11.4 Å². The van der Waals surface area contributed by atoms with Gasteiger partial charge >= 0.3 is 0 Å². The highest BCUT2D eigenvalue weighted by molar-refractivity contribution is 6.04. The SMILES string of the molecule is COc1c(C(=O)Nc2cnoc2)nc(N(C)Cc2ccc(-c3cnn(C)c3)cc2)n(C)c1=O. The molecule has 0 bridgehead atoms. The van der Waals surface area contributed by atoms with E-state index >= 15 is 0 Å². The maximum atomic E-state index is 12.9. The van der Waals surface area contributed by atoms with Crippen molar-refractivity contribution < 1.29 is 14.1 Å². The molecule has 0 saturated heterocycles. The number of hydrogen-bond donors (Lipinski definition) is 1. The highest BCUT2D eigenvalue weighted by Gasteiger charge is 2.23. The third kappa shape index (κ3) is 4.47. The predicted octanol–water partition coefficient (Wildman–Crippen LogP) is 2.07. The standard InChI is InChI=1S/C22H23N7O4/c1-27(11-14-5-7-15(8-6-14)16-9-23-28(2)12-16)22-26-18(19(32-4)21(31)29(22)3)20(30)25-17-10-24-33-13-17/h5-10,12-13H,11H2,1-4H3,(H,25,30). The number of carbonyl (C=O) groups is 1. The lowest BCUT2D eigenvalue weighted by atomic mass is 10.1. The summed E-state index contributed by atoms with van der Waals surface area (Å²) in [5.74, 6) is -0.444. The Morgan fingerprint density at radius 2 is 1.94 bits per heavy atom. The first-order valence-electron chi connectivity index (χ1n) is 10.0. The molecule has 11 heteroatoms. The van der Waals surface area contributed by atoms with Crippen molar-refractivity contribution in [3.05, 3.63) is 70.7 Å². The Balaban J connectivity index is 1.60. The van der Waals surface area contributed by atoms with Gasteiger partial charge in [0, 0.05) is 39.4 Å². The number of ether oxygens (including phenoxy) is 1.